The number of aliphatic hydroxyl groups is 1. The number of aromatic nitrogens is 1. The number of nitrogens with zero attached hydrogens (tertiary/aromatic N) is 5. The largest absolute Gasteiger partial charge is 0.436 e. The molecule has 1 saturated heterocycles. The van der Waals surface area contributed by atoms with Gasteiger partial charge in [-0.25, -0.2) is 13.4 Å². The molecule has 11 nitrogen and oxygen atoms in total. The maximum absolute atomic E-state index is 13.9. The van der Waals surface area contributed by atoms with Gasteiger partial charge in [-0.1, -0.05) is 48.0 Å². The second kappa shape index (κ2) is 13.2. The van der Waals surface area contributed by atoms with E-state index in [2.05, 4.69) is 9.88 Å². The van der Waals surface area contributed by atoms with E-state index in [1.54, 1.807) is 24.3 Å². The maximum Gasteiger partial charge on any atom is 0.310 e. The number of halogens is 1. The summed E-state index contributed by atoms with van der Waals surface area (Å²) in [6, 6.07) is 15.5. The molecule has 0 spiro atoms. The minimum Gasteiger partial charge on any atom is -0.436 e. The Kier molecular flexibility index (Phi) is 9.27. The molecule has 6 rings (SSSR count). The van der Waals surface area contributed by atoms with Gasteiger partial charge in [0.1, 0.15) is 9.97 Å². The van der Waals surface area contributed by atoms with Gasteiger partial charge < -0.3 is 19.3 Å². The fraction of sp³-hybridized carbons (Fsp3) is 0.387. The summed E-state index contributed by atoms with van der Waals surface area (Å²) >= 11 is 7.27. The Morgan fingerprint density at radius 3 is 2.71 bits per heavy atom. The Bertz CT molecular complexity index is 1810. The molecule has 2 aromatic heterocycles. The van der Waals surface area contributed by atoms with E-state index < -0.39 is 22.0 Å². The fourth-order valence-corrected chi connectivity index (χ4v) is 9.10. The first-order valence-corrected chi connectivity index (χ1v) is 17.4. The van der Waals surface area contributed by atoms with E-state index in [1.807, 2.05) is 37.4 Å². The molecule has 238 valence electrons. The van der Waals surface area contributed by atoms with Crippen molar-refractivity contribution < 1.29 is 27.5 Å². The van der Waals surface area contributed by atoms with Crippen molar-refractivity contribution >= 4 is 54.9 Å². The van der Waals surface area contributed by atoms with Crippen molar-refractivity contribution in [2.24, 2.45) is 0 Å². The Hall–Kier alpha value is -3.33. The summed E-state index contributed by atoms with van der Waals surface area (Å²) in [4.78, 5) is 37.2. The Morgan fingerprint density at radius 1 is 1.13 bits per heavy atom. The molecule has 1 unspecified atom stereocenters. The van der Waals surface area contributed by atoms with E-state index in [4.69, 9.17) is 16.0 Å². The minimum atomic E-state index is -3.95. The van der Waals surface area contributed by atoms with Gasteiger partial charge in [-0.3, -0.25) is 14.5 Å². The van der Waals surface area contributed by atoms with Crippen LogP contribution in [0.4, 0.5) is 0 Å². The van der Waals surface area contributed by atoms with Crippen LogP contribution in [0.15, 0.2) is 63.2 Å². The van der Waals surface area contributed by atoms with Crippen molar-refractivity contribution in [3.8, 4) is 0 Å². The number of hydrogen-bond donors (Lipinski definition) is 1. The van der Waals surface area contributed by atoms with E-state index in [0.717, 1.165) is 39.2 Å². The van der Waals surface area contributed by atoms with E-state index in [0.29, 0.717) is 23.7 Å². The second-order valence-electron chi connectivity index (χ2n) is 11.4. The highest BCUT2D eigenvalue weighted by atomic mass is 35.5. The summed E-state index contributed by atoms with van der Waals surface area (Å²) in [5.74, 6) is -0.195. The Morgan fingerprint density at radius 2 is 1.93 bits per heavy atom. The molecule has 0 bridgehead atoms. The molecule has 14 heteroatoms. The van der Waals surface area contributed by atoms with Crippen LogP contribution in [0.3, 0.4) is 0 Å². The van der Waals surface area contributed by atoms with Gasteiger partial charge in [0.25, 0.3) is 15.9 Å². The quantitative estimate of drug-likeness (QED) is 0.287. The second-order valence-corrected chi connectivity index (χ2v) is 15.1. The van der Waals surface area contributed by atoms with Crippen LogP contribution in [0.2, 0.25) is 5.02 Å². The summed E-state index contributed by atoms with van der Waals surface area (Å²) in [5, 5.41) is 11.0. The maximum atomic E-state index is 13.9. The zero-order chi connectivity index (χ0) is 31.7. The van der Waals surface area contributed by atoms with Crippen LogP contribution in [0.25, 0.3) is 10.1 Å². The molecule has 4 aromatic rings. The van der Waals surface area contributed by atoms with Crippen LogP contribution in [0.1, 0.15) is 34.1 Å². The predicted octanol–water partition coefficient (Wildman–Crippen LogP) is 3.46. The number of benzene rings is 2. The van der Waals surface area contributed by atoms with E-state index >= 15 is 0 Å². The van der Waals surface area contributed by atoms with Crippen molar-refractivity contribution in [1.82, 2.24) is 24.0 Å². The van der Waals surface area contributed by atoms with Crippen molar-refractivity contribution in [3.05, 3.63) is 82.5 Å². The van der Waals surface area contributed by atoms with Gasteiger partial charge in [0.05, 0.1) is 24.9 Å². The molecule has 2 amide bonds. The lowest BCUT2D eigenvalue weighted by Gasteiger charge is -2.40. The number of likely N-dealkylation sites (N-methyl/N-ethyl adjacent to an activating group) is 1. The molecule has 0 radical (unpaired) electrons. The molecule has 2 aliphatic rings. The summed E-state index contributed by atoms with van der Waals surface area (Å²) in [5.41, 5.74) is 1.63. The Labute approximate surface area is 270 Å². The number of carbonyl (C=O) groups is 2. The normalized spacial score (nSPS) is 17.8. The molecule has 45 heavy (non-hydrogen) atoms. The summed E-state index contributed by atoms with van der Waals surface area (Å²) < 4.78 is 36.0. The first-order valence-electron chi connectivity index (χ1n) is 14.7. The molecule has 0 saturated carbocycles. The summed E-state index contributed by atoms with van der Waals surface area (Å²) in [7, 11) is -1.98. The number of aliphatic hydroxyl groups excluding tert-OH is 1. The van der Waals surface area contributed by atoms with E-state index in [-0.39, 0.29) is 61.8 Å². The van der Waals surface area contributed by atoms with Crippen LogP contribution in [-0.4, -0.2) is 102 Å². The fourth-order valence-electron chi connectivity index (χ4n) is 5.81. The van der Waals surface area contributed by atoms with Crippen molar-refractivity contribution in [3.63, 3.8) is 0 Å². The smallest absolute Gasteiger partial charge is 0.310 e. The molecule has 1 atom stereocenters. The highest BCUT2D eigenvalue weighted by molar-refractivity contribution is 7.91. The predicted molar refractivity (Wildman–Crippen MR) is 171 cm³/mol. The van der Waals surface area contributed by atoms with E-state index in [9.17, 15) is 23.1 Å². The third-order valence-corrected chi connectivity index (χ3v) is 11.9. The van der Waals surface area contributed by atoms with Crippen molar-refractivity contribution in [2.45, 2.75) is 36.2 Å². The SMILES string of the molecule is CN1CCc2nc(C(=O)N3CCN(S(=O)(=O)c4cc5ccc(Cl)cc5s4)CC3CC(=O)N(CCO)Cc3ccccc3)oc2C1. The number of piperazine rings is 1. The van der Waals surface area contributed by atoms with Gasteiger partial charge in [0.2, 0.25) is 5.91 Å². The van der Waals surface area contributed by atoms with Gasteiger partial charge in [-0.05, 0) is 36.2 Å². The molecule has 2 aliphatic heterocycles. The van der Waals surface area contributed by atoms with Gasteiger partial charge in [-0.2, -0.15) is 4.31 Å². The molecule has 1 fully saturated rings. The standard InChI is InChI=1S/C31H34ClN5O6S2/c1-34-10-9-25-26(20-34)43-30(33-25)31(40)37-12-11-36(45(41,42)29-15-22-7-8-23(32)16-27(22)44-29)19-24(37)17-28(39)35(13-14-38)18-21-5-3-2-4-6-21/h2-8,15-16,24,38H,9-14,17-20H2,1H3. The number of hydrogen-bond acceptors (Lipinski definition) is 9. The lowest BCUT2D eigenvalue weighted by Crippen LogP contribution is -2.57. The zero-order valence-corrected chi connectivity index (χ0v) is 27.2. The number of carbonyl (C=O) groups excluding carboxylic acids is 2. The van der Waals surface area contributed by atoms with Crippen LogP contribution in [0, 0.1) is 0 Å². The number of amides is 2. The average Bonchev–Trinajstić information content (AvgIpc) is 3.65. The first-order chi connectivity index (χ1) is 21.6. The van der Waals surface area contributed by atoms with Crippen LogP contribution in [0.5, 0.6) is 0 Å². The van der Waals surface area contributed by atoms with Gasteiger partial charge in [-0.15, -0.1) is 11.3 Å². The monoisotopic (exact) mass is 671 g/mol. The number of oxazole rings is 1. The number of thiophene rings is 1. The topological polar surface area (TPSA) is 128 Å². The van der Waals surface area contributed by atoms with Crippen LogP contribution in [-0.2, 0) is 34.3 Å². The molecule has 2 aromatic carbocycles. The highest BCUT2D eigenvalue weighted by Crippen LogP contribution is 2.34. The number of fused-ring (bicyclic) bond motifs is 2. The first kappa shape index (κ1) is 31.6. The number of sulfonamides is 1. The minimum absolute atomic E-state index is 0.0430. The summed E-state index contributed by atoms with van der Waals surface area (Å²) in [6.07, 6.45) is 0.516. The van der Waals surface area contributed by atoms with Crippen molar-refractivity contribution in [2.75, 3.05) is 46.4 Å². The van der Waals surface area contributed by atoms with Crippen LogP contribution >= 0.6 is 22.9 Å². The highest BCUT2D eigenvalue weighted by Gasteiger charge is 2.40. The summed E-state index contributed by atoms with van der Waals surface area (Å²) in [6.45, 7) is 1.48. The van der Waals surface area contributed by atoms with Crippen molar-refractivity contribution in [1.29, 1.82) is 0 Å². The molecular formula is C31H34ClN5O6S2. The van der Waals surface area contributed by atoms with Crippen LogP contribution < -0.4 is 0 Å². The number of rotatable bonds is 9. The third kappa shape index (κ3) is 6.79. The zero-order valence-electron chi connectivity index (χ0n) is 24.8. The lowest BCUT2D eigenvalue weighted by atomic mass is 10.1. The lowest BCUT2D eigenvalue weighted by molar-refractivity contribution is -0.133. The molecule has 0 aliphatic carbocycles. The average molecular weight is 672 g/mol. The van der Waals surface area contributed by atoms with Gasteiger partial charge >= 0.3 is 5.91 Å². The van der Waals surface area contributed by atoms with Gasteiger partial charge in [0, 0.05) is 61.8 Å². The molecule has 1 N–H and O–H groups in total. The van der Waals surface area contributed by atoms with Gasteiger partial charge in [0.15, 0.2) is 0 Å². The molecule has 4 heterocycles. The van der Waals surface area contributed by atoms with E-state index in [1.165, 1.54) is 14.1 Å². The molecular weight excluding hydrogens is 638 g/mol. The Balaban J connectivity index is 1.28. The third-order valence-electron chi connectivity index (χ3n) is 8.21.